The second-order valence-corrected chi connectivity index (χ2v) is 3.44. The first-order valence-corrected chi connectivity index (χ1v) is 5.12. The predicted molar refractivity (Wildman–Crippen MR) is 59.1 cm³/mol. The molecule has 0 aliphatic rings. The molecule has 1 aromatic rings. The lowest BCUT2D eigenvalue weighted by Crippen LogP contribution is -2.28. The van der Waals surface area contributed by atoms with Gasteiger partial charge in [-0.25, -0.2) is 9.18 Å². The topological polar surface area (TPSA) is 64.3 Å². The number of hydrogen-bond donors (Lipinski definition) is 2. The number of nitrogens with two attached hydrogens (primary N) is 1. The summed E-state index contributed by atoms with van der Waals surface area (Å²) in [5.74, 6) is -0.366. The van der Waals surface area contributed by atoms with Crippen LogP contribution in [0.4, 0.5) is 9.18 Å². The zero-order valence-electron chi connectivity index (χ0n) is 8.50. The smallest absolute Gasteiger partial charge is 0.409 e. The van der Waals surface area contributed by atoms with E-state index in [1.165, 1.54) is 6.07 Å². The van der Waals surface area contributed by atoms with Gasteiger partial charge in [0, 0.05) is 6.54 Å². The zero-order valence-corrected chi connectivity index (χ0v) is 9.26. The molecule has 0 bridgehead atoms. The Hall–Kier alpha value is -1.33. The molecule has 88 valence electrons. The Morgan fingerprint density at radius 3 is 2.94 bits per heavy atom. The fourth-order valence-electron chi connectivity index (χ4n) is 0.986. The van der Waals surface area contributed by atoms with Gasteiger partial charge >= 0.3 is 6.09 Å². The maximum atomic E-state index is 12.7. The van der Waals surface area contributed by atoms with Gasteiger partial charge in [-0.2, -0.15) is 0 Å². The first-order chi connectivity index (χ1) is 7.63. The van der Waals surface area contributed by atoms with Crippen LogP contribution in [0, 0.1) is 5.82 Å². The third-order valence-electron chi connectivity index (χ3n) is 1.75. The lowest BCUT2D eigenvalue weighted by atomic mass is 10.3. The van der Waals surface area contributed by atoms with Crippen molar-refractivity contribution in [1.82, 2.24) is 5.32 Å². The Morgan fingerprint density at radius 1 is 1.56 bits per heavy atom. The molecule has 0 aromatic heterocycles. The fourth-order valence-corrected chi connectivity index (χ4v) is 1.19. The van der Waals surface area contributed by atoms with Gasteiger partial charge in [-0.05, 0) is 31.2 Å². The molecule has 0 radical (unpaired) electrons. The van der Waals surface area contributed by atoms with Crippen molar-refractivity contribution in [2.24, 2.45) is 5.73 Å². The van der Waals surface area contributed by atoms with E-state index in [4.69, 9.17) is 22.1 Å². The van der Waals surface area contributed by atoms with Gasteiger partial charge in [0.1, 0.15) is 5.82 Å². The SMILES string of the molecule is NCCCNC(=O)Oc1ccc(F)cc1Cl. The van der Waals surface area contributed by atoms with E-state index in [1.807, 2.05) is 0 Å². The summed E-state index contributed by atoms with van der Waals surface area (Å²) in [6.07, 6.45) is 0.0219. The minimum atomic E-state index is -0.637. The molecular weight excluding hydrogens is 235 g/mol. The molecule has 0 atom stereocenters. The maximum Gasteiger partial charge on any atom is 0.412 e. The van der Waals surface area contributed by atoms with Gasteiger partial charge in [0.25, 0.3) is 0 Å². The van der Waals surface area contributed by atoms with Gasteiger partial charge < -0.3 is 15.8 Å². The molecule has 0 aliphatic carbocycles. The normalized spacial score (nSPS) is 9.94. The van der Waals surface area contributed by atoms with Crippen molar-refractivity contribution in [3.63, 3.8) is 0 Å². The first kappa shape index (κ1) is 12.7. The number of hydrogen-bond acceptors (Lipinski definition) is 3. The van der Waals surface area contributed by atoms with E-state index in [0.717, 1.165) is 12.1 Å². The molecule has 0 saturated carbocycles. The van der Waals surface area contributed by atoms with Crippen LogP contribution in [-0.2, 0) is 0 Å². The maximum absolute atomic E-state index is 12.7. The summed E-state index contributed by atoms with van der Waals surface area (Å²) in [5.41, 5.74) is 5.25. The van der Waals surface area contributed by atoms with Crippen LogP contribution in [0.1, 0.15) is 6.42 Å². The van der Waals surface area contributed by atoms with E-state index >= 15 is 0 Å². The molecule has 1 aromatic carbocycles. The molecular formula is C10H12ClFN2O2. The molecule has 16 heavy (non-hydrogen) atoms. The third-order valence-corrected chi connectivity index (χ3v) is 2.04. The van der Waals surface area contributed by atoms with Crippen molar-refractivity contribution in [3.05, 3.63) is 29.0 Å². The molecule has 0 unspecified atom stereocenters. The highest BCUT2D eigenvalue weighted by Gasteiger charge is 2.07. The van der Waals surface area contributed by atoms with Crippen molar-refractivity contribution in [2.75, 3.05) is 13.1 Å². The second-order valence-electron chi connectivity index (χ2n) is 3.03. The van der Waals surface area contributed by atoms with Crippen LogP contribution in [0.5, 0.6) is 5.75 Å². The lowest BCUT2D eigenvalue weighted by Gasteiger charge is -2.07. The minimum absolute atomic E-state index is 0.0500. The van der Waals surface area contributed by atoms with Gasteiger partial charge in [-0.15, -0.1) is 0 Å². The molecule has 0 heterocycles. The highest BCUT2D eigenvalue weighted by Crippen LogP contribution is 2.24. The van der Waals surface area contributed by atoms with E-state index in [-0.39, 0.29) is 10.8 Å². The molecule has 1 rings (SSSR count). The summed E-state index contributed by atoms with van der Waals surface area (Å²) in [6.45, 7) is 0.908. The summed E-state index contributed by atoms with van der Waals surface area (Å²) < 4.78 is 17.5. The van der Waals surface area contributed by atoms with Crippen LogP contribution in [0.3, 0.4) is 0 Å². The van der Waals surface area contributed by atoms with Crippen molar-refractivity contribution in [3.8, 4) is 5.75 Å². The standard InChI is InChI=1S/C10H12ClFN2O2/c11-8-6-7(12)2-3-9(8)16-10(15)14-5-1-4-13/h2-3,6H,1,4-5,13H2,(H,14,15). The molecule has 0 fully saturated rings. The Bertz CT molecular complexity index is 374. The molecule has 0 saturated heterocycles. The molecule has 0 aliphatic heterocycles. The number of amides is 1. The fraction of sp³-hybridized carbons (Fsp3) is 0.300. The summed E-state index contributed by atoms with van der Waals surface area (Å²) in [7, 11) is 0. The Labute approximate surface area is 97.5 Å². The number of halogens is 2. The predicted octanol–water partition coefficient (Wildman–Crippen LogP) is 1.92. The van der Waals surface area contributed by atoms with Gasteiger partial charge in [-0.1, -0.05) is 11.6 Å². The van der Waals surface area contributed by atoms with E-state index in [0.29, 0.717) is 19.5 Å². The van der Waals surface area contributed by atoms with Crippen molar-refractivity contribution in [1.29, 1.82) is 0 Å². The van der Waals surface area contributed by atoms with Crippen molar-refractivity contribution in [2.45, 2.75) is 6.42 Å². The van der Waals surface area contributed by atoms with Gasteiger partial charge in [0.2, 0.25) is 0 Å². The van der Waals surface area contributed by atoms with E-state index < -0.39 is 11.9 Å². The summed E-state index contributed by atoms with van der Waals surface area (Å²) in [5, 5.41) is 2.53. The highest BCUT2D eigenvalue weighted by atomic mass is 35.5. The Morgan fingerprint density at radius 2 is 2.31 bits per heavy atom. The molecule has 1 amide bonds. The lowest BCUT2D eigenvalue weighted by molar-refractivity contribution is 0.200. The molecule has 4 nitrogen and oxygen atoms in total. The molecule has 3 N–H and O–H groups in total. The average molecular weight is 247 g/mol. The Balaban J connectivity index is 2.49. The van der Waals surface area contributed by atoms with Gasteiger partial charge in [0.15, 0.2) is 5.75 Å². The summed E-state index contributed by atoms with van der Waals surface area (Å²) in [4.78, 5) is 11.2. The van der Waals surface area contributed by atoms with Crippen LogP contribution in [0.15, 0.2) is 18.2 Å². The quantitative estimate of drug-likeness (QED) is 0.798. The summed E-state index contributed by atoms with van der Waals surface area (Å²) in [6, 6.07) is 3.53. The summed E-state index contributed by atoms with van der Waals surface area (Å²) >= 11 is 5.67. The molecule has 6 heteroatoms. The van der Waals surface area contributed by atoms with Crippen LogP contribution in [-0.4, -0.2) is 19.2 Å². The largest absolute Gasteiger partial charge is 0.412 e. The van der Waals surface area contributed by atoms with Crippen molar-refractivity contribution < 1.29 is 13.9 Å². The number of carbonyl (C=O) groups is 1. The van der Waals surface area contributed by atoms with Gasteiger partial charge in [-0.3, -0.25) is 0 Å². The third kappa shape index (κ3) is 4.04. The van der Waals surface area contributed by atoms with E-state index in [9.17, 15) is 9.18 Å². The zero-order chi connectivity index (χ0) is 12.0. The number of carbonyl (C=O) groups excluding carboxylic acids is 1. The monoisotopic (exact) mass is 246 g/mol. The minimum Gasteiger partial charge on any atom is -0.409 e. The number of rotatable bonds is 4. The first-order valence-electron chi connectivity index (χ1n) is 4.74. The van der Waals surface area contributed by atoms with Gasteiger partial charge in [0.05, 0.1) is 5.02 Å². The average Bonchev–Trinajstić information content (AvgIpc) is 2.23. The number of benzene rings is 1. The highest BCUT2D eigenvalue weighted by molar-refractivity contribution is 6.32. The number of ether oxygens (including phenoxy) is 1. The van der Waals surface area contributed by atoms with E-state index in [2.05, 4.69) is 5.32 Å². The molecule has 0 spiro atoms. The second kappa shape index (κ2) is 6.30. The van der Waals surface area contributed by atoms with Crippen molar-refractivity contribution >= 4 is 17.7 Å². The van der Waals surface area contributed by atoms with Crippen LogP contribution in [0.2, 0.25) is 5.02 Å². The van der Waals surface area contributed by atoms with Crippen LogP contribution >= 0.6 is 11.6 Å². The van der Waals surface area contributed by atoms with Crippen LogP contribution < -0.4 is 15.8 Å². The number of nitrogens with one attached hydrogen (secondary N) is 1. The van der Waals surface area contributed by atoms with Crippen LogP contribution in [0.25, 0.3) is 0 Å². The van der Waals surface area contributed by atoms with E-state index in [1.54, 1.807) is 0 Å². The Kier molecular flexibility index (Phi) is 5.01.